The van der Waals surface area contributed by atoms with Crippen LogP contribution in [0.2, 0.25) is 0 Å². The van der Waals surface area contributed by atoms with Crippen LogP contribution in [0.1, 0.15) is 33.6 Å². The lowest BCUT2D eigenvalue weighted by Gasteiger charge is -2.19. The fourth-order valence-electron chi connectivity index (χ4n) is 1.39. The minimum atomic E-state index is 0.0165. The van der Waals surface area contributed by atoms with E-state index in [1.165, 1.54) is 0 Å². The molecule has 0 unspecified atom stereocenters. The summed E-state index contributed by atoms with van der Waals surface area (Å²) in [5.41, 5.74) is 0. The average Bonchev–Trinajstić information content (AvgIpc) is 2.09. The number of amides is 1. The van der Waals surface area contributed by atoms with Crippen molar-refractivity contribution in [3.63, 3.8) is 0 Å². The smallest absolute Gasteiger partial charge is 0.223 e. The van der Waals surface area contributed by atoms with Gasteiger partial charge in [0, 0.05) is 12.5 Å². The number of rotatable bonds is 6. The van der Waals surface area contributed by atoms with Gasteiger partial charge in [0.25, 0.3) is 0 Å². The van der Waals surface area contributed by atoms with Crippen LogP contribution in [0.15, 0.2) is 0 Å². The fraction of sp³-hybridized carbons (Fsp3) is 0.900. The third kappa shape index (κ3) is 4.88. The fourth-order valence-corrected chi connectivity index (χ4v) is 1.39. The van der Waals surface area contributed by atoms with E-state index >= 15 is 0 Å². The second-order valence-electron chi connectivity index (χ2n) is 3.65. The predicted molar refractivity (Wildman–Crippen MR) is 53.3 cm³/mol. The Morgan fingerprint density at radius 1 is 1.46 bits per heavy atom. The molecule has 0 spiro atoms. The van der Waals surface area contributed by atoms with Gasteiger partial charge in [0.05, 0.1) is 6.61 Å². The summed E-state index contributed by atoms with van der Waals surface area (Å²) in [7, 11) is 0. The number of aliphatic hydroxyl groups is 1. The molecule has 0 saturated carbocycles. The molecule has 1 atom stereocenters. The molecule has 0 saturated heterocycles. The summed E-state index contributed by atoms with van der Waals surface area (Å²) >= 11 is 0. The van der Waals surface area contributed by atoms with Crippen LogP contribution in [-0.4, -0.2) is 24.2 Å². The van der Waals surface area contributed by atoms with Crippen LogP contribution in [0.5, 0.6) is 0 Å². The molecule has 0 aromatic carbocycles. The van der Waals surface area contributed by atoms with Crippen LogP contribution in [0.3, 0.4) is 0 Å². The van der Waals surface area contributed by atoms with Gasteiger partial charge < -0.3 is 10.4 Å². The molecule has 0 aromatic heterocycles. The number of aliphatic hydroxyl groups excluding tert-OH is 1. The first-order valence-electron chi connectivity index (χ1n) is 5.02. The van der Waals surface area contributed by atoms with Gasteiger partial charge in [-0.3, -0.25) is 4.79 Å². The summed E-state index contributed by atoms with van der Waals surface area (Å²) in [5.74, 6) is 0.543. The third-order valence-corrected chi connectivity index (χ3v) is 2.15. The highest BCUT2D eigenvalue weighted by Gasteiger charge is 2.20. The van der Waals surface area contributed by atoms with Gasteiger partial charge in [-0.25, -0.2) is 0 Å². The Morgan fingerprint density at radius 3 is 2.46 bits per heavy atom. The second-order valence-corrected chi connectivity index (χ2v) is 3.65. The van der Waals surface area contributed by atoms with E-state index in [9.17, 15) is 4.79 Å². The average molecular weight is 187 g/mol. The molecule has 13 heavy (non-hydrogen) atoms. The van der Waals surface area contributed by atoms with E-state index in [0.29, 0.717) is 12.5 Å². The van der Waals surface area contributed by atoms with Gasteiger partial charge in [-0.2, -0.15) is 0 Å². The Balaban J connectivity index is 3.96. The highest BCUT2D eigenvalue weighted by atomic mass is 16.3. The molecule has 0 aliphatic carbocycles. The molecule has 0 aliphatic heterocycles. The van der Waals surface area contributed by atoms with Gasteiger partial charge in [0.1, 0.15) is 0 Å². The van der Waals surface area contributed by atoms with Crippen LogP contribution in [0.25, 0.3) is 0 Å². The van der Waals surface area contributed by atoms with Gasteiger partial charge in [-0.1, -0.05) is 27.2 Å². The maximum atomic E-state index is 11.5. The molecule has 78 valence electrons. The molecule has 0 heterocycles. The van der Waals surface area contributed by atoms with Crippen LogP contribution in [-0.2, 0) is 4.79 Å². The van der Waals surface area contributed by atoms with E-state index in [2.05, 4.69) is 26.1 Å². The Bertz CT molecular complexity index is 146. The number of carbonyl (C=O) groups excluding carboxylic acids is 1. The maximum absolute atomic E-state index is 11.5. The van der Waals surface area contributed by atoms with Crippen molar-refractivity contribution in [1.82, 2.24) is 5.32 Å². The Labute approximate surface area is 80.5 Å². The first kappa shape index (κ1) is 12.4. The number of hydrogen-bond acceptors (Lipinski definition) is 2. The van der Waals surface area contributed by atoms with Crippen molar-refractivity contribution >= 4 is 5.91 Å². The molecular formula is C10H21NO2. The molecule has 0 bridgehead atoms. The zero-order chi connectivity index (χ0) is 10.3. The predicted octanol–water partition coefficient (Wildman–Crippen LogP) is 1.17. The minimum absolute atomic E-state index is 0.0165. The van der Waals surface area contributed by atoms with Crippen LogP contribution in [0.4, 0.5) is 0 Å². The number of nitrogens with one attached hydrogen (secondary N) is 1. The normalized spacial score (nSPS) is 13.0. The SMILES string of the molecule is CCC[C@@H](C(=O)NCCO)C(C)C. The van der Waals surface area contributed by atoms with E-state index in [0.717, 1.165) is 12.8 Å². The van der Waals surface area contributed by atoms with Crippen molar-refractivity contribution in [2.45, 2.75) is 33.6 Å². The van der Waals surface area contributed by atoms with Crippen molar-refractivity contribution in [1.29, 1.82) is 0 Å². The van der Waals surface area contributed by atoms with E-state index in [-0.39, 0.29) is 18.4 Å². The molecule has 0 aliphatic rings. The zero-order valence-electron chi connectivity index (χ0n) is 8.84. The van der Waals surface area contributed by atoms with Crippen molar-refractivity contribution in [3.8, 4) is 0 Å². The monoisotopic (exact) mass is 187 g/mol. The summed E-state index contributed by atoms with van der Waals surface area (Å²) < 4.78 is 0. The molecular weight excluding hydrogens is 166 g/mol. The summed E-state index contributed by atoms with van der Waals surface area (Å²) in [4.78, 5) is 11.5. The van der Waals surface area contributed by atoms with Crippen molar-refractivity contribution in [2.75, 3.05) is 13.2 Å². The maximum Gasteiger partial charge on any atom is 0.223 e. The van der Waals surface area contributed by atoms with E-state index < -0.39 is 0 Å². The lowest BCUT2D eigenvalue weighted by molar-refractivity contribution is -0.126. The minimum Gasteiger partial charge on any atom is -0.395 e. The molecule has 0 radical (unpaired) electrons. The van der Waals surface area contributed by atoms with Gasteiger partial charge in [-0.15, -0.1) is 0 Å². The largest absolute Gasteiger partial charge is 0.395 e. The van der Waals surface area contributed by atoms with Gasteiger partial charge in [-0.05, 0) is 12.3 Å². The summed E-state index contributed by atoms with van der Waals surface area (Å²) in [6.45, 7) is 6.57. The summed E-state index contributed by atoms with van der Waals surface area (Å²) in [6.07, 6.45) is 1.95. The first-order chi connectivity index (χ1) is 6.13. The standard InChI is InChI=1S/C10H21NO2/c1-4-5-9(8(2)3)10(13)11-6-7-12/h8-9,12H,4-7H2,1-3H3,(H,11,13)/t9-/m1/s1. The van der Waals surface area contributed by atoms with Gasteiger partial charge >= 0.3 is 0 Å². The summed E-state index contributed by atoms with van der Waals surface area (Å²) in [6, 6.07) is 0. The lowest BCUT2D eigenvalue weighted by Crippen LogP contribution is -2.35. The number of carbonyl (C=O) groups is 1. The van der Waals surface area contributed by atoms with E-state index in [1.807, 2.05) is 0 Å². The van der Waals surface area contributed by atoms with E-state index in [1.54, 1.807) is 0 Å². The third-order valence-electron chi connectivity index (χ3n) is 2.15. The molecule has 0 rings (SSSR count). The highest BCUT2D eigenvalue weighted by Crippen LogP contribution is 2.16. The van der Waals surface area contributed by atoms with E-state index in [4.69, 9.17) is 5.11 Å². The van der Waals surface area contributed by atoms with Crippen LogP contribution >= 0.6 is 0 Å². The second kappa shape index (κ2) is 6.89. The molecule has 0 fully saturated rings. The first-order valence-corrected chi connectivity index (χ1v) is 5.02. The van der Waals surface area contributed by atoms with Crippen LogP contribution in [0, 0.1) is 11.8 Å². The van der Waals surface area contributed by atoms with Gasteiger partial charge in [0.2, 0.25) is 5.91 Å². The van der Waals surface area contributed by atoms with Crippen molar-refractivity contribution in [3.05, 3.63) is 0 Å². The lowest BCUT2D eigenvalue weighted by atomic mass is 9.90. The van der Waals surface area contributed by atoms with Crippen molar-refractivity contribution in [2.24, 2.45) is 11.8 Å². The Kier molecular flexibility index (Phi) is 6.59. The summed E-state index contributed by atoms with van der Waals surface area (Å²) in [5, 5.41) is 11.3. The Hall–Kier alpha value is -0.570. The Morgan fingerprint density at radius 2 is 2.08 bits per heavy atom. The number of hydrogen-bond donors (Lipinski definition) is 2. The molecule has 3 heteroatoms. The molecule has 3 nitrogen and oxygen atoms in total. The van der Waals surface area contributed by atoms with Gasteiger partial charge in [0.15, 0.2) is 0 Å². The molecule has 2 N–H and O–H groups in total. The zero-order valence-corrected chi connectivity index (χ0v) is 8.84. The molecule has 1 amide bonds. The quantitative estimate of drug-likeness (QED) is 0.655. The highest BCUT2D eigenvalue weighted by molar-refractivity contribution is 5.78. The topological polar surface area (TPSA) is 49.3 Å². The molecule has 0 aromatic rings. The van der Waals surface area contributed by atoms with Crippen molar-refractivity contribution < 1.29 is 9.90 Å². The van der Waals surface area contributed by atoms with Crippen LogP contribution < -0.4 is 5.32 Å².